The maximum atomic E-state index is 12.9. The summed E-state index contributed by atoms with van der Waals surface area (Å²) in [6, 6.07) is 5.73. The molecule has 2 fully saturated rings. The summed E-state index contributed by atoms with van der Waals surface area (Å²) in [5.74, 6) is -0.527. The third kappa shape index (κ3) is 4.59. The number of fused-ring (bicyclic) bond motifs is 1. The van der Waals surface area contributed by atoms with Crippen LogP contribution in [-0.4, -0.2) is 76.6 Å². The second kappa shape index (κ2) is 8.92. The molecule has 0 aliphatic carbocycles. The molecule has 2 aliphatic heterocycles. The van der Waals surface area contributed by atoms with Gasteiger partial charge in [0.25, 0.3) is 0 Å². The van der Waals surface area contributed by atoms with Crippen LogP contribution in [-0.2, 0) is 16.0 Å². The van der Waals surface area contributed by atoms with E-state index < -0.39 is 11.9 Å². The maximum absolute atomic E-state index is 12.9. The first-order valence-corrected chi connectivity index (χ1v) is 10.4. The van der Waals surface area contributed by atoms with E-state index in [2.05, 4.69) is 20.4 Å². The number of hydrogen-bond donors (Lipinski definition) is 3. The predicted octanol–water partition coefficient (Wildman–Crippen LogP) is 0.450. The molecule has 2 atom stereocenters. The van der Waals surface area contributed by atoms with Gasteiger partial charge in [0, 0.05) is 31.1 Å². The number of likely N-dealkylation sites (tertiary alicyclic amines) is 1. The lowest BCUT2D eigenvalue weighted by Gasteiger charge is -2.42. The van der Waals surface area contributed by atoms with E-state index >= 15 is 0 Å². The number of aromatic amines is 1. The van der Waals surface area contributed by atoms with Gasteiger partial charge in [0.15, 0.2) is 0 Å². The van der Waals surface area contributed by atoms with E-state index in [1.807, 2.05) is 18.2 Å². The van der Waals surface area contributed by atoms with E-state index in [1.54, 1.807) is 17.5 Å². The molecule has 155 valence electrons. The summed E-state index contributed by atoms with van der Waals surface area (Å²) in [5, 5.41) is 11.4. The van der Waals surface area contributed by atoms with E-state index in [0.29, 0.717) is 25.4 Å². The van der Waals surface area contributed by atoms with Crippen molar-refractivity contribution in [1.29, 1.82) is 0 Å². The predicted molar refractivity (Wildman–Crippen MR) is 111 cm³/mol. The molecule has 8 heteroatoms. The van der Waals surface area contributed by atoms with Crippen molar-refractivity contribution in [3.05, 3.63) is 36.4 Å². The number of carbonyl (C=O) groups excluding carboxylic acids is 2. The number of primary amides is 1. The number of nitrogens with two attached hydrogens (primary N) is 1. The number of aromatic nitrogens is 2. The number of hydrogen-bond acceptors (Lipinski definition) is 5. The monoisotopic (exact) mass is 397 g/mol. The molecule has 4 rings (SSSR count). The van der Waals surface area contributed by atoms with Crippen LogP contribution in [0.4, 0.5) is 0 Å². The Balaban J connectivity index is 1.37. The standard InChI is InChI=1S/C21H29N6O2/c22-21(29)19-13-17(26-9-1-7-23-8-11-26)6-10-27(19)20(28)5-3-15-2-4-18-16(12-15)14-24-25-18/h2,4-5,12,14,17,19,23H,1,3,6-11,13H2,(H2,22,29)(H,24,25). The quantitative estimate of drug-likeness (QED) is 0.679. The molecule has 8 nitrogen and oxygen atoms in total. The number of rotatable bonds is 5. The Morgan fingerprint density at radius 3 is 3.00 bits per heavy atom. The van der Waals surface area contributed by atoms with Crippen LogP contribution in [0.1, 0.15) is 24.8 Å². The first-order chi connectivity index (χ1) is 14.1. The fraction of sp³-hybridized carbons (Fsp3) is 0.524. The maximum Gasteiger partial charge on any atom is 0.240 e. The third-order valence-corrected chi connectivity index (χ3v) is 6.09. The fourth-order valence-corrected chi connectivity index (χ4v) is 4.49. The summed E-state index contributed by atoms with van der Waals surface area (Å²) in [5.41, 5.74) is 7.70. The van der Waals surface area contributed by atoms with Gasteiger partial charge in [-0.2, -0.15) is 5.10 Å². The van der Waals surface area contributed by atoms with Crippen LogP contribution in [0.15, 0.2) is 24.4 Å². The average molecular weight is 398 g/mol. The van der Waals surface area contributed by atoms with Gasteiger partial charge in [-0.25, -0.2) is 0 Å². The molecule has 1 aromatic heterocycles. The largest absolute Gasteiger partial charge is 0.368 e. The molecule has 1 aromatic carbocycles. The summed E-state index contributed by atoms with van der Waals surface area (Å²) in [6.07, 6.45) is 6.55. The highest BCUT2D eigenvalue weighted by molar-refractivity contribution is 5.91. The molecular formula is C21H29N6O2. The zero-order valence-electron chi connectivity index (χ0n) is 16.6. The number of nitrogens with zero attached hydrogens (tertiary/aromatic N) is 3. The molecule has 2 aliphatic rings. The molecule has 2 unspecified atom stereocenters. The molecule has 2 saturated heterocycles. The van der Waals surface area contributed by atoms with Crippen LogP contribution < -0.4 is 11.1 Å². The van der Waals surface area contributed by atoms with Crippen molar-refractivity contribution in [1.82, 2.24) is 25.3 Å². The zero-order valence-corrected chi connectivity index (χ0v) is 16.6. The van der Waals surface area contributed by atoms with Crippen LogP contribution >= 0.6 is 0 Å². The number of benzene rings is 1. The molecule has 29 heavy (non-hydrogen) atoms. The summed E-state index contributed by atoms with van der Waals surface area (Å²) >= 11 is 0. The number of carbonyl (C=O) groups is 2. The second-order valence-corrected chi connectivity index (χ2v) is 7.97. The van der Waals surface area contributed by atoms with Gasteiger partial charge in [-0.1, -0.05) is 6.07 Å². The number of piperidine rings is 1. The molecule has 0 bridgehead atoms. The number of amides is 2. The Morgan fingerprint density at radius 2 is 2.14 bits per heavy atom. The Labute approximate surface area is 170 Å². The number of nitrogens with one attached hydrogen (secondary N) is 2. The minimum atomic E-state index is -0.537. The van der Waals surface area contributed by atoms with Crippen LogP contribution in [0.5, 0.6) is 0 Å². The van der Waals surface area contributed by atoms with Crippen LogP contribution in [0.3, 0.4) is 0 Å². The third-order valence-electron chi connectivity index (χ3n) is 6.09. The lowest BCUT2D eigenvalue weighted by Crippen LogP contribution is -2.57. The minimum absolute atomic E-state index is 0.114. The van der Waals surface area contributed by atoms with Crippen molar-refractivity contribution in [3.8, 4) is 0 Å². The van der Waals surface area contributed by atoms with Gasteiger partial charge >= 0.3 is 0 Å². The molecular weight excluding hydrogens is 368 g/mol. The zero-order chi connectivity index (χ0) is 20.2. The Hall–Kier alpha value is -2.45. The van der Waals surface area contributed by atoms with Gasteiger partial charge < -0.3 is 16.0 Å². The molecule has 0 saturated carbocycles. The van der Waals surface area contributed by atoms with Crippen molar-refractivity contribution >= 4 is 22.7 Å². The first kappa shape index (κ1) is 19.8. The van der Waals surface area contributed by atoms with Crippen molar-refractivity contribution in [2.45, 2.75) is 37.8 Å². The lowest BCUT2D eigenvalue weighted by molar-refractivity contribution is -0.139. The van der Waals surface area contributed by atoms with Crippen molar-refractivity contribution in [3.63, 3.8) is 0 Å². The fourth-order valence-electron chi connectivity index (χ4n) is 4.49. The van der Waals surface area contributed by atoms with Gasteiger partial charge in [0.2, 0.25) is 11.8 Å². The van der Waals surface area contributed by atoms with Gasteiger partial charge in [-0.05, 0) is 56.5 Å². The molecule has 2 amide bonds. The summed E-state index contributed by atoms with van der Waals surface area (Å²) in [6.45, 7) is 4.58. The Kier molecular flexibility index (Phi) is 6.10. The first-order valence-electron chi connectivity index (χ1n) is 10.4. The van der Waals surface area contributed by atoms with E-state index in [1.165, 1.54) is 0 Å². The molecule has 2 aromatic rings. The van der Waals surface area contributed by atoms with E-state index in [-0.39, 0.29) is 5.91 Å². The normalized spacial score (nSPS) is 23.8. The van der Waals surface area contributed by atoms with E-state index in [4.69, 9.17) is 5.73 Å². The minimum Gasteiger partial charge on any atom is -0.368 e. The van der Waals surface area contributed by atoms with Crippen LogP contribution in [0.2, 0.25) is 0 Å². The van der Waals surface area contributed by atoms with Crippen LogP contribution in [0, 0.1) is 6.42 Å². The Morgan fingerprint density at radius 1 is 1.24 bits per heavy atom. The molecule has 3 heterocycles. The molecule has 4 N–H and O–H groups in total. The summed E-state index contributed by atoms with van der Waals surface area (Å²) in [4.78, 5) is 29.1. The SMILES string of the molecule is NC(=O)C1CC(N2CCCNCC2)CCN1C(=O)[CH]Cc1ccc2[nH]ncc2c1. The highest BCUT2D eigenvalue weighted by Gasteiger charge is 2.37. The van der Waals surface area contributed by atoms with Crippen molar-refractivity contribution in [2.75, 3.05) is 32.7 Å². The van der Waals surface area contributed by atoms with Gasteiger partial charge in [-0.15, -0.1) is 0 Å². The van der Waals surface area contributed by atoms with E-state index in [9.17, 15) is 9.59 Å². The molecule has 0 spiro atoms. The van der Waals surface area contributed by atoms with Crippen molar-refractivity contribution in [2.24, 2.45) is 5.73 Å². The lowest BCUT2D eigenvalue weighted by atomic mass is 9.94. The van der Waals surface area contributed by atoms with Crippen molar-refractivity contribution < 1.29 is 9.59 Å². The van der Waals surface area contributed by atoms with Crippen LogP contribution in [0.25, 0.3) is 10.9 Å². The second-order valence-electron chi connectivity index (χ2n) is 7.97. The topological polar surface area (TPSA) is 107 Å². The van der Waals surface area contributed by atoms with Gasteiger partial charge in [0.05, 0.1) is 18.1 Å². The Bertz CT molecular complexity index is 858. The smallest absolute Gasteiger partial charge is 0.240 e. The van der Waals surface area contributed by atoms with Gasteiger partial charge in [0.1, 0.15) is 6.04 Å². The number of H-pyrrole nitrogens is 1. The highest BCUT2D eigenvalue weighted by Crippen LogP contribution is 2.24. The molecule has 1 radical (unpaired) electrons. The van der Waals surface area contributed by atoms with Gasteiger partial charge in [-0.3, -0.25) is 19.6 Å². The summed E-state index contributed by atoms with van der Waals surface area (Å²) < 4.78 is 0. The highest BCUT2D eigenvalue weighted by atomic mass is 16.2. The van der Waals surface area contributed by atoms with E-state index in [0.717, 1.165) is 55.5 Å². The average Bonchev–Trinajstić information content (AvgIpc) is 3.03. The summed E-state index contributed by atoms with van der Waals surface area (Å²) in [7, 11) is 0.